The molecule has 0 amide bonds. The molecule has 0 fully saturated rings. The molecule has 18 heavy (non-hydrogen) atoms. The van der Waals surface area contributed by atoms with Crippen LogP contribution in [0.1, 0.15) is 27.2 Å². The number of amidine groups is 1. The van der Waals surface area contributed by atoms with Crippen LogP contribution in [0.25, 0.3) is 0 Å². The third-order valence-corrected chi connectivity index (χ3v) is 3.87. The summed E-state index contributed by atoms with van der Waals surface area (Å²) >= 11 is 1.85. The quantitative estimate of drug-likeness (QED) is 0.806. The van der Waals surface area contributed by atoms with Crippen LogP contribution in [0.5, 0.6) is 0 Å². The zero-order chi connectivity index (χ0) is 13.6. The minimum atomic E-state index is 0.0833. The van der Waals surface area contributed by atoms with Crippen molar-refractivity contribution in [1.29, 1.82) is 0 Å². The maximum Gasteiger partial charge on any atom is 0.157 e. The van der Waals surface area contributed by atoms with Crippen LogP contribution in [0.2, 0.25) is 0 Å². The molecule has 0 aromatic carbocycles. The van der Waals surface area contributed by atoms with E-state index in [4.69, 9.17) is 9.47 Å². The summed E-state index contributed by atoms with van der Waals surface area (Å²) in [5.74, 6) is 0. The van der Waals surface area contributed by atoms with Crippen molar-refractivity contribution in [3.63, 3.8) is 0 Å². The molecule has 0 aliphatic carbocycles. The Morgan fingerprint density at radius 1 is 1.44 bits per heavy atom. The van der Waals surface area contributed by atoms with Crippen LogP contribution < -0.4 is 5.32 Å². The molecule has 0 radical (unpaired) electrons. The van der Waals surface area contributed by atoms with E-state index in [1.807, 2.05) is 11.8 Å². The Labute approximate surface area is 115 Å². The number of nitrogens with one attached hydrogen (secondary N) is 1. The number of thioether (sulfide) groups is 1. The van der Waals surface area contributed by atoms with Gasteiger partial charge in [0.25, 0.3) is 0 Å². The molecule has 0 aromatic heterocycles. The van der Waals surface area contributed by atoms with E-state index in [0.717, 1.165) is 18.3 Å². The maximum absolute atomic E-state index is 5.31. The number of nitrogens with zero attached hydrogens (tertiary/aromatic N) is 1. The second-order valence-electron chi connectivity index (χ2n) is 5.84. The lowest BCUT2D eigenvalue weighted by molar-refractivity contribution is 0.0316. The highest BCUT2D eigenvalue weighted by molar-refractivity contribution is 8.14. The first-order valence-electron chi connectivity index (χ1n) is 6.41. The number of hydrogen-bond acceptors (Lipinski definition) is 5. The molecule has 1 N–H and O–H groups in total. The number of ether oxygens (including phenoxy) is 2. The number of rotatable bonds is 6. The Hall–Kier alpha value is -0.260. The van der Waals surface area contributed by atoms with Crippen LogP contribution >= 0.6 is 11.8 Å². The van der Waals surface area contributed by atoms with Gasteiger partial charge in [-0.05, 0) is 11.8 Å². The lowest BCUT2D eigenvalue weighted by atomic mass is 9.90. The Kier molecular flexibility index (Phi) is 6.46. The molecular formula is C13H26N2O2S. The van der Waals surface area contributed by atoms with Gasteiger partial charge in [-0.3, -0.25) is 4.99 Å². The van der Waals surface area contributed by atoms with Crippen LogP contribution in [0.4, 0.5) is 0 Å². The predicted molar refractivity (Wildman–Crippen MR) is 78.4 cm³/mol. The smallest absolute Gasteiger partial charge is 0.157 e. The van der Waals surface area contributed by atoms with Gasteiger partial charge < -0.3 is 14.8 Å². The van der Waals surface area contributed by atoms with Crippen LogP contribution in [0, 0.1) is 5.41 Å². The fourth-order valence-electron chi connectivity index (χ4n) is 1.90. The average Bonchev–Trinajstić information content (AvgIpc) is 2.69. The third kappa shape index (κ3) is 6.07. The highest BCUT2D eigenvalue weighted by atomic mass is 32.2. The monoisotopic (exact) mass is 274 g/mol. The SMILES string of the molecule is COCC(CNC1=NCC(CC(C)(C)C)S1)OC. The van der Waals surface area contributed by atoms with Crippen LogP contribution in [-0.4, -0.2) is 50.4 Å². The van der Waals surface area contributed by atoms with E-state index in [1.54, 1.807) is 14.2 Å². The lowest BCUT2D eigenvalue weighted by Crippen LogP contribution is -2.34. The second-order valence-corrected chi connectivity index (χ2v) is 7.13. The van der Waals surface area contributed by atoms with Crippen molar-refractivity contribution < 1.29 is 9.47 Å². The van der Waals surface area contributed by atoms with Crippen molar-refractivity contribution in [1.82, 2.24) is 5.32 Å². The van der Waals surface area contributed by atoms with E-state index in [1.165, 1.54) is 6.42 Å². The fraction of sp³-hybridized carbons (Fsp3) is 0.923. The van der Waals surface area contributed by atoms with Crippen molar-refractivity contribution in [2.24, 2.45) is 10.4 Å². The standard InChI is InChI=1S/C13H26N2O2S/c1-13(2,3)6-11-8-15-12(18-11)14-7-10(17-5)9-16-4/h10-11H,6-9H2,1-5H3,(H,14,15). The summed E-state index contributed by atoms with van der Waals surface area (Å²) in [6, 6.07) is 0. The van der Waals surface area contributed by atoms with E-state index in [-0.39, 0.29) is 6.10 Å². The van der Waals surface area contributed by atoms with Gasteiger partial charge in [-0.2, -0.15) is 0 Å². The number of methoxy groups -OCH3 is 2. The predicted octanol–water partition coefficient (Wildman–Crippen LogP) is 2.14. The first-order chi connectivity index (χ1) is 8.44. The molecule has 2 atom stereocenters. The van der Waals surface area contributed by atoms with Crippen molar-refractivity contribution >= 4 is 16.9 Å². The molecular weight excluding hydrogens is 248 g/mol. The third-order valence-electron chi connectivity index (χ3n) is 2.72. The average molecular weight is 274 g/mol. The van der Waals surface area contributed by atoms with E-state index < -0.39 is 0 Å². The molecule has 4 nitrogen and oxygen atoms in total. The van der Waals surface area contributed by atoms with E-state index >= 15 is 0 Å². The largest absolute Gasteiger partial charge is 0.382 e. The summed E-state index contributed by atoms with van der Waals surface area (Å²) < 4.78 is 10.4. The molecule has 1 rings (SSSR count). The molecule has 0 aromatic rings. The van der Waals surface area contributed by atoms with Crippen LogP contribution in [0.3, 0.4) is 0 Å². The number of aliphatic imine (C=N–C) groups is 1. The molecule has 0 saturated carbocycles. The van der Waals surface area contributed by atoms with Crippen LogP contribution in [0.15, 0.2) is 4.99 Å². The van der Waals surface area contributed by atoms with Crippen LogP contribution in [-0.2, 0) is 9.47 Å². The van der Waals surface area contributed by atoms with Gasteiger partial charge in [0.15, 0.2) is 5.17 Å². The first-order valence-corrected chi connectivity index (χ1v) is 7.29. The normalized spacial score (nSPS) is 21.8. The minimum Gasteiger partial charge on any atom is -0.382 e. The van der Waals surface area contributed by atoms with Gasteiger partial charge in [0.05, 0.1) is 19.3 Å². The molecule has 1 aliphatic heterocycles. The Morgan fingerprint density at radius 3 is 2.72 bits per heavy atom. The van der Waals surface area contributed by atoms with Gasteiger partial charge in [-0.1, -0.05) is 32.5 Å². The van der Waals surface area contributed by atoms with Gasteiger partial charge >= 0.3 is 0 Å². The minimum absolute atomic E-state index is 0.0833. The maximum atomic E-state index is 5.31. The van der Waals surface area contributed by atoms with Crippen molar-refractivity contribution in [3.05, 3.63) is 0 Å². The Morgan fingerprint density at radius 2 is 2.17 bits per heavy atom. The molecule has 1 heterocycles. The Balaban J connectivity index is 2.25. The first kappa shape index (κ1) is 15.8. The highest BCUT2D eigenvalue weighted by Crippen LogP contribution is 2.31. The topological polar surface area (TPSA) is 42.8 Å². The summed E-state index contributed by atoms with van der Waals surface area (Å²) in [5.41, 5.74) is 0.369. The van der Waals surface area contributed by atoms with E-state index in [2.05, 4.69) is 31.1 Å². The molecule has 0 saturated heterocycles. The summed E-state index contributed by atoms with van der Waals surface area (Å²) in [5, 5.41) is 4.99. The van der Waals surface area contributed by atoms with Gasteiger partial charge in [-0.15, -0.1) is 0 Å². The van der Waals surface area contributed by atoms with E-state index in [0.29, 0.717) is 17.3 Å². The summed E-state index contributed by atoms with van der Waals surface area (Å²) in [6.07, 6.45) is 1.28. The Bertz CT molecular complexity index is 277. The van der Waals surface area contributed by atoms with Crippen molar-refractivity contribution in [3.8, 4) is 0 Å². The molecule has 0 bridgehead atoms. The zero-order valence-electron chi connectivity index (χ0n) is 12.2. The van der Waals surface area contributed by atoms with Gasteiger partial charge in [-0.25, -0.2) is 0 Å². The van der Waals surface area contributed by atoms with Gasteiger partial charge in [0, 0.05) is 26.0 Å². The molecule has 2 unspecified atom stereocenters. The lowest BCUT2D eigenvalue weighted by Gasteiger charge is -2.21. The molecule has 1 aliphatic rings. The number of hydrogen-bond donors (Lipinski definition) is 1. The van der Waals surface area contributed by atoms with Crippen molar-refractivity contribution in [2.75, 3.05) is 33.9 Å². The van der Waals surface area contributed by atoms with E-state index in [9.17, 15) is 0 Å². The zero-order valence-corrected chi connectivity index (χ0v) is 13.0. The summed E-state index contributed by atoms with van der Waals surface area (Å²) in [6.45, 7) is 9.10. The fourth-order valence-corrected chi connectivity index (χ4v) is 3.27. The van der Waals surface area contributed by atoms with Crippen molar-refractivity contribution in [2.45, 2.75) is 38.5 Å². The summed E-state index contributed by atoms with van der Waals surface area (Å²) in [4.78, 5) is 4.54. The summed E-state index contributed by atoms with van der Waals surface area (Å²) in [7, 11) is 3.39. The molecule has 0 spiro atoms. The molecule has 5 heteroatoms. The second kappa shape index (κ2) is 7.36. The van der Waals surface area contributed by atoms with Gasteiger partial charge in [0.2, 0.25) is 0 Å². The highest BCUT2D eigenvalue weighted by Gasteiger charge is 2.25. The molecule has 106 valence electrons. The van der Waals surface area contributed by atoms with Gasteiger partial charge in [0.1, 0.15) is 0 Å².